The number of aromatic nitrogens is 1. The van der Waals surface area contributed by atoms with Gasteiger partial charge in [-0.1, -0.05) is 6.07 Å². The highest BCUT2D eigenvalue weighted by atomic mass is 16.1. The van der Waals surface area contributed by atoms with Crippen LogP contribution in [0.15, 0.2) is 18.3 Å². The average Bonchev–Trinajstić information content (AvgIpc) is 2.09. The summed E-state index contributed by atoms with van der Waals surface area (Å²) in [7, 11) is 0. The van der Waals surface area contributed by atoms with Crippen LogP contribution in [0.1, 0.15) is 5.56 Å². The highest BCUT2D eigenvalue weighted by Gasteiger charge is 2.01. The molecule has 4 heteroatoms. The molecule has 0 saturated heterocycles. The molecule has 0 aliphatic heterocycles. The summed E-state index contributed by atoms with van der Waals surface area (Å²) in [5, 5.41) is 2.58. The zero-order valence-electron chi connectivity index (χ0n) is 6.87. The summed E-state index contributed by atoms with van der Waals surface area (Å²) >= 11 is 0. The maximum Gasteiger partial charge on any atom is 0.239 e. The SMILES string of the molecule is Cc1cccnc1NC(=O)CN. The van der Waals surface area contributed by atoms with Crippen molar-refractivity contribution >= 4 is 11.7 Å². The van der Waals surface area contributed by atoms with Crippen LogP contribution in [0.3, 0.4) is 0 Å². The Bertz CT molecular complexity index is 285. The summed E-state index contributed by atoms with van der Waals surface area (Å²) in [6, 6.07) is 3.69. The molecule has 64 valence electrons. The molecule has 1 amide bonds. The predicted octanol–water partition coefficient (Wildman–Crippen LogP) is 0.287. The molecule has 0 radical (unpaired) electrons. The van der Waals surface area contributed by atoms with Gasteiger partial charge in [0.1, 0.15) is 5.82 Å². The largest absolute Gasteiger partial charge is 0.322 e. The van der Waals surface area contributed by atoms with E-state index in [1.807, 2.05) is 19.1 Å². The van der Waals surface area contributed by atoms with Crippen LogP contribution in [-0.4, -0.2) is 17.4 Å². The Balaban J connectivity index is 2.75. The summed E-state index contributed by atoms with van der Waals surface area (Å²) < 4.78 is 0. The fraction of sp³-hybridized carbons (Fsp3) is 0.250. The topological polar surface area (TPSA) is 68.0 Å². The molecular formula is C8H11N3O. The van der Waals surface area contributed by atoms with Crippen LogP contribution in [0, 0.1) is 6.92 Å². The van der Waals surface area contributed by atoms with Gasteiger partial charge in [0, 0.05) is 6.20 Å². The molecule has 0 aliphatic carbocycles. The van der Waals surface area contributed by atoms with E-state index >= 15 is 0 Å². The lowest BCUT2D eigenvalue weighted by Crippen LogP contribution is -2.22. The number of hydrogen-bond acceptors (Lipinski definition) is 3. The van der Waals surface area contributed by atoms with Crippen LogP contribution in [-0.2, 0) is 4.79 Å². The molecular weight excluding hydrogens is 154 g/mol. The lowest BCUT2D eigenvalue weighted by Gasteiger charge is -2.04. The quantitative estimate of drug-likeness (QED) is 0.661. The van der Waals surface area contributed by atoms with Crippen molar-refractivity contribution in [3.8, 4) is 0 Å². The maximum atomic E-state index is 10.9. The van der Waals surface area contributed by atoms with Crippen molar-refractivity contribution in [2.75, 3.05) is 11.9 Å². The fourth-order valence-corrected chi connectivity index (χ4v) is 0.800. The molecule has 1 rings (SSSR count). The van der Waals surface area contributed by atoms with Gasteiger partial charge in [0.15, 0.2) is 0 Å². The first-order valence-corrected chi connectivity index (χ1v) is 3.65. The molecule has 0 atom stereocenters. The van der Waals surface area contributed by atoms with E-state index in [1.54, 1.807) is 6.20 Å². The van der Waals surface area contributed by atoms with E-state index in [4.69, 9.17) is 5.73 Å². The van der Waals surface area contributed by atoms with E-state index in [0.29, 0.717) is 5.82 Å². The molecule has 0 aliphatic rings. The lowest BCUT2D eigenvalue weighted by atomic mass is 10.3. The fourth-order valence-electron chi connectivity index (χ4n) is 0.800. The number of carbonyl (C=O) groups excluding carboxylic acids is 1. The van der Waals surface area contributed by atoms with Gasteiger partial charge < -0.3 is 11.1 Å². The van der Waals surface area contributed by atoms with E-state index in [9.17, 15) is 4.79 Å². The van der Waals surface area contributed by atoms with Crippen molar-refractivity contribution in [1.29, 1.82) is 0 Å². The van der Waals surface area contributed by atoms with Crippen LogP contribution in [0.2, 0.25) is 0 Å². The molecule has 1 aromatic heterocycles. The van der Waals surface area contributed by atoms with E-state index in [0.717, 1.165) is 5.56 Å². The first-order chi connectivity index (χ1) is 5.74. The Labute approximate surface area is 70.8 Å². The van der Waals surface area contributed by atoms with Crippen LogP contribution in [0.4, 0.5) is 5.82 Å². The highest BCUT2D eigenvalue weighted by Crippen LogP contribution is 2.07. The van der Waals surface area contributed by atoms with Gasteiger partial charge in [-0.3, -0.25) is 4.79 Å². The van der Waals surface area contributed by atoms with Gasteiger partial charge in [0.2, 0.25) is 5.91 Å². The third-order valence-corrected chi connectivity index (χ3v) is 1.45. The Kier molecular flexibility index (Phi) is 2.76. The second kappa shape index (κ2) is 3.82. The van der Waals surface area contributed by atoms with Gasteiger partial charge in [0.05, 0.1) is 6.54 Å². The Morgan fingerprint density at radius 3 is 3.08 bits per heavy atom. The number of nitrogens with two attached hydrogens (primary N) is 1. The van der Waals surface area contributed by atoms with Gasteiger partial charge in [-0.2, -0.15) is 0 Å². The minimum Gasteiger partial charge on any atom is -0.322 e. The standard InChI is InChI=1S/C8H11N3O/c1-6-3-2-4-10-8(6)11-7(12)5-9/h2-4H,5,9H2,1H3,(H,10,11,12). The van der Waals surface area contributed by atoms with Gasteiger partial charge in [0.25, 0.3) is 0 Å². The molecule has 0 bridgehead atoms. The minimum absolute atomic E-state index is 0.0178. The van der Waals surface area contributed by atoms with E-state index in [1.165, 1.54) is 0 Å². The molecule has 0 saturated carbocycles. The minimum atomic E-state index is -0.225. The molecule has 0 aromatic carbocycles. The summed E-state index contributed by atoms with van der Waals surface area (Å²) in [4.78, 5) is 14.8. The highest BCUT2D eigenvalue weighted by molar-refractivity contribution is 5.91. The third-order valence-electron chi connectivity index (χ3n) is 1.45. The Hall–Kier alpha value is -1.42. The first-order valence-electron chi connectivity index (χ1n) is 3.65. The number of amides is 1. The van der Waals surface area contributed by atoms with Gasteiger partial charge in [-0.15, -0.1) is 0 Å². The van der Waals surface area contributed by atoms with Crippen LogP contribution < -0.4 is 11.1 Å². The number of hydrogen-bond donors (Lipinski definition) is 2. The second-order valence-corrected chi connectivity index (χ2v) is 2.42. The van der Waals surface area contributed by atoms with Crippen LogP contribution in [0.5, 0.6) is 0 Å². The number of rotatable bonds is 2. The normalized spacial score (nSPS) is 9.50. The number of nitrogens with one attached hydrogen (secondary N) is 1. The van der Waals surface area contributed by atoms with Crippen molar-refractivity contribution in [1.82, 2.24) is 4.98 Å². The molecule has 1 aromatic rings. The first kappa shape index (κ1) is 8.67. The summed E-state index contributed by atoms with van der Waals surface area (Å²) in [5.74, 6) is 0.352. The zero-order valence-corrected chi connectivity index (χ0v) is 6.87. The van der Waals surface area contributed by atoms with Crippen LogP contribution in [0.25, 0.3) is 0 Å². The van der Waals surface area contributed by atoms with Gasteiger partial charge >= 0.3 is 0 Å². The van der Waals surface area contributed by atoms with E-state index < -0.39 is 0 Å². The van der Waals surface area contributed by atoms with Crippen LogP contribution >= 0.6 is 0 Å². The van der Waals surface area contributed by atoms with Crippen molar-refractivity contribution in [2.45, 2.75) is 6.92 Å². The maximum absolute atomic E-state index is 10.9. The molecule has 0 spiro atoms. The summed E-state index contributed by atoms with van der Waals surface area (Å²) in [6.07, 6.45) is 1.62. The van der Waals surface area contributed by atoms with Crippen molar-refractivity contribution in [3.05, 3.63) is 23.9 Å². The summed E-state index contributed by atoms with van der Waals surface area (Å²) in [5.41, 5.74) is 6.06. The Morgan fingerprint density at radius 1 is 1.75 bits per heavy atom. The lowest BCUT2D eigenvalue weighted by molar-refractivity contribution is -0.114. The van der Waals surface area contributed by atoms with Gasteiger partial charge in [-0.25, -0.2) is 4.98 Å². The Morgan fingerprint density at radius 2 is 2.50 bits per heavy atom. The second-order valence-electron chi connectivity index (χ2n) is 2.42. The average molecular weight is 165 g/mol. The molecule has 1 heterocycles. The zero-order chi connectivity index (χ0) is 8.97. The monoisotopic (exact) mass is 165 g/mol. The van der Waals surface area contributed by atoms with Crippen molar-refractivity contribution in [3.63, 3.8) is 0 Å². The van der Waals surface area contributed by atoms with E-state index in [-0.39, 0.29) is 12.5 Å². The molecule has 4 nitrogen and oxygen atoms in total. The number of pyridine rings is 1. The van der Waals surface area contributed by atoms with Crippen molar-refractivity contribution < 1.29 is 4.79 Å². The van der Waals surface area contributed by atoms with Gasteiger partial charge in [-0.05, 0) is 18.6 Å². The smallest absolute Gasteiger partial charge is 0.239 e. The molecule has 3 N–H and O–H groups in total. The molecule has 0 unspecified atom stereocenters. The molecule has 12 heavy (non-hydrogen) atoms. The number of carbonyl (C=O) groups is 1. The van der Waals surface area contributed by atoms with Crippen molar-refractivity contribution in [2.24, 2.45) is 5.73 Å². The number of nitrogens with zero attached hydrogens (tertiary/aromatic N) is 1. The summed E-state index contributed by atoms with van der Waals surface area (Å²) in [6.45, 7) is 1.86. The predicted molar refractivity (Wildman–Crippen MR) is 46.7 cm³/mol. The number of aryl methyl sites for hydroxylation is 1. The number of anilines is 1. The molecule has 0 fully saturated rings. The third kappa shape index (κ3) is 2.03. The van der Waals surface area contributed by atoms with E-state index in [2.05, 4.69) is 10.3 Å².